The molecule has 5 nitrogen and oxygen atoms in total. The zero-order valence-corrected chi connectivity index (χ0v) is 18.1. The Bertz CT molecular complexity index is 1070. The summed E-state index contributed by atoms with van der Waals surface area (Å²) < 4.78 is 5.88. The van der Waals surface area contributed by atoms with Gasteiger partial charge in [0.1, 0.15) is 5.75 Å². The van der Waals surface area contributed by atoms with E-state index >= 15 is 0 Å². The maximum atomic E-state index is 10.9. The maximum absolute atomic E-state index is 10.9. The molecule has 0 radical (unpaired) electrons. The Balaban J connectivity index is 1.41. The Morgan fingerprint density at radius 1 is 0.871 bits per heavy atom. The van der Waals surface area contributed by atoms with Crippen LogP contribution in [0.25, 0.3) is 10.8 Å². The van der Waals surface area contributed by atoms with Crippen LogP contribution in [0.4, 0.5) is 0 Å². The van der Waals surface area contributed by atoms with E-state index in [2.05, 4.69) is 0 Å². The van der Waals surface area contributed by atoms with Crippen LogP contribution in [0.1, 0.15) is 47.9 Å². The van der Waals surface area contributed by atoms with E-state index in [4.69, 9.17) is 9.84 Å². The number of aliphatic carboxylic acids is 1. The van der Waals surface area contributed by atoms with Crippen molar-refractivity contribution in [2.75, 3.05) is 6.61 Å². The first kappa shape index (κ1) is 22.5. The average Bonchev–Trinajstić information content (AvgIpc) is 2.74. The molecule has 0 aliphatic rings. The van der Waals surface area contributed by atoms with Gasteiger partial charge in [-0.15, -0.1) is 0 Å². The Hall–Kier alpha value is -3.21. The van der Waals surface area contributed by atoms with Crippen molar-refractivity contribution in [3.05, 3.63) is 64.7 Å². The zero-order chi connectivity index (χ0) is 22.4. The number of aromatic hydroxyl groups is 2. The van der Waals surface area contributed by atoms with Crippen LogP contribution in [-0.4, -0.2) is 27.9 Å². The van der Waals surface area contributed by atoms with Gasteiger partial charge in [0.2, 0.25) is 0 Å². The number of phenolic OH excluding ortho intramolecular Hbond substituents is 2. The third kappa shape index (κ3) is 5.91. The van der Waals surface area contributed by atoms with Crippen molar-refractivity contribution >= 4 is 16.7 Å². The highest BCUT2D eigenvalue weighted by Gasteiger charge is 2.11. The third-order valence-corrected chi connectivity index (χ3v) is 5.67. The van der Waals surface area contributed by atoms with Crippen LogP contribution in [0.15, 0.2) is 42.5 Å². The van der Waals surface area contributed by atoms with E-state index < -0.39 is 5.97 Å². The Morgan fingerprint density at radius 3 is 2.35 bits per heavy atom. The molecule has 0 heterocycles. The number of hydrogen-bond donors (Lipinski definition) is 3. The highest BCUT2D eigenvalue weighted by atomic mass is 16.5. The minimum atomic E-state index is -0.828. The number of aryl methyl sites for hydroxylation is 2. The first-order valence-electron chi connectivity index (χ1n) is 10.7. The number of phenols is 2. The third-order valence-electron chi connectivity index (χ3n) is 5.67. The van der Waals surface area contributed by atoms with Crippen molar-refractivity contribution in [2.24, 2.45) is 0 Å². The molecule has 164 valence electrons. The van der Waals surface area contributed by atoms with Crippen molar-refractivity contribution in [3.8, 4) is 17.2 Å². The van der Waals surface area contributed by atoms with Gasteiger partial charge in [-0.1, -0.05) is 43.2 Å². The number of hydrogen-bond acceptors (Lipinski definition) is 4. The molecule has 0 saturated carbocycles. The Morgan fingerprint density at radius 2 is 1.58 bits per heavy atom. The molecule has 3 N–H and O–H groups in total. The normalized spacial score (nSPS) is 11.0. The summed E-state index contributed by atoms with van der Waals surface area (Å²) in [6, 6.07) is 13.5. The van der Waals surface area contributed by atoms with Gasteiger partial charge in [-0.05, 0) is 78.3 Å². The lowest BCUT2D eigenvalue weighted by Crippen LogP contribution is -2.00. The molecule has 0 aromatic heterocycles. The second kappa shape index (κ2) is 10.2. The minimum absolute atomic E-state index is 0.00288. The van der Waals surface area contributed by atoms with Gasteiger partial charge in [0, 0.05) is 0 Å². The van der Waals surface area contributed by atoms with Gasteiger partial charge in [-0.2, -0.15) is 0 Å². The second-order valence-electron chi connectivity index (χ2n) is 8.10. The fraction of sp³-hybridized carbons (Fsp3) is 0.346. The summed E-state index contributed by atoms with van der Waals surface area (Å²) in [6.07, 6.45) is 5.05. The molecule has 0 fully saturated rings. The summed E-state index contributed by atoms with van der Waals surface area (Å²) in [5.41, 5.74) is 3.35. The topological polar surface area (TPSA) is 87.0 Å². The molecule has 5 heteroatoms. The number of unbranched alkanes of at least 4 members (excludes halogenated alkanes) is 3. The lowest BCUT2D eigenvalue weighted by Gasteiger charge is -2.12. The molecule has 0 aliphatic carbocycles. The summed E-state index contributed by atoms with van der Waals surface area (Å²) in [5.74, 6) is -0.0281. The molecule has 0 atom stereocenters. The molecule has 0 bridgehead atoms. The minimum Gasteiger partial charge on any atom is -0.504 e. The van der Waals surface area contributed by atoms with Crippen molar-refractivity contribution in [1.82, 2.24) is 0 Å². The van der Waals surface area contributed by atoms with E-state index in [0.717, 1.165) is 65.3 Å². The van der Waals surface area contributed by atoms with Crippen molar-refractivity contribution in [1.29, 1.82) is 0 Å². The van der Waals surface area contributed by atoms with Crippen LogP contribution >= 0.6 is 0 Å². The number of carbonyl (C=O) groups is 1. The number of carboxylic acids is 1. The van der Waals surface area contributed by atoms with Crippen LogP contribution in [0.2, 0.25) is 0 Å². The maximum Gasteiger partial charge on any atom is 0.307 e. The van der Waals surface area contributed by atoms with E-state index in [0.29, 0.717) is 12.2 Å². The van der Waals surface area contributed by atoms with Gasteiger partial charge >= 0.3 is 5.97 Å². The molecule has 0 spiro atoms. The number of carboxylic acid groups (broad SMARTS) is 1. The monoisotopic (exact) mass is 422 g/mol. The highest BCUT2D eigenvalue weighted by molar-refractivity contribution is 5.85. The molecule has 0 aliphatic heterocycles. The molecule has 3 rings (SSSR count). The molecule has 31 heavy (non-hydrogen) atoms. The average molecular weight is 423 g/mol. The van der Waals surface area contributed by atoms with Crippen molar-refractivity contribution in [2.45, 2.75) is 52.4 Å². The smallest absolute Gasteiger partial charge is 0.307 e. The lowest BCUT2D eigenvalue weighted by molar-refractivity contribution is -0.136. The van der Waals surface area contributed by atoms with Gasteiger partial charge in [-0.3, -0.25) is 4.79 Å². The second-order valence-corrected chi connectivity index (χ2v) is 8.10. The van der Waals surface area contributed by atoms with Crippen LogP contribution in [0.3, 0.4) is 0 Å². The number of ether oxygens (including phenoxy) is 1. The fourth-order valence-corrected chi connectivity index (χ4v) is 3.82. The lowest BCUT2D eigenvalue weighted by atomic mass is 9.98. The van der Waals surface area contributed by atoms with Gasteiger partial charge in [0.05, 0.1) is 13.0 Å². The largest absolute Gasteiger partial charge is 0.504 e. The molecule has 3 aromatic carbocycles. The van der Waals surface area contributed by atoms with E-state index in [9.17, 15) is 15.0 Å². The first-order chi connectivity index (χ1) is 14.8. The van der Waals surface area contributed by atoms with Crippen molar-refractivity contribution in [3.63, 3.8) is 0 Å². The van der Waals surface area contributed by atoms with Gasteiger partial charge < -0.3 is 20.1 Å². The molecule has 0 amide bonds. The molecular weight excluding hydrogens is 392 g/mol. The summed E-state index contributed by atoms with van der Waals surface area (Å²) in [7, 11) is 0. The standard InChI is InChI=1S/C26H30O5/c1-17-13-20(18(2)26(30)25(17)29)7-5-3-4-6-12-31-23-11-10-21-14-19(15-24(27)28)8-9-22(21)16-23/h8-11,13-14,16,29-30H,3-7,12,15H2,1-2H3,(H,27,28). The van der Waals surface area contributed by atoms with Gasteiger partial charge in [0.25, 0.3) is 0 Å². The van der Waals surface area contributed by atoms with E-state index in [1.165, 1.54) is 0 Å². The highest BCUT2D eigenvalue weighted by Crippen LogP contribution is 2.34. The van der Waals surface area contributed by atoms with E-state index in [1.54, 1.807) is 6.92 Å². The van der Waals surface area contributed by atoms with Crippen LogP contribution in [0.5, 0.6) is 17.2 Å². The molecule has 0 saturated heterocycles. The summed E-state index contributed by atoms with van der Waals surface area (Å²) in [4.78, 5) is 10.9. The first-order valence-corrected chi connectivity index (χ1v) is 10.7. The predicted molar refractivity (Wildman–Crippen MR) is 122 cm³/mol. The van der Waals surface area contributed by atoms with Crippen LogP contribution in [0, 0.1) is 13.8 Å². The van der Waals surface area contributed by atoms with Crippen LogP contribution < -0.4 is 4.74 Å². The van der Waals surface area contributed by atoms with Crippen LogP contribution in [-0.2, 0) is 17.6 Å². The fourth-order valence-electron chi connectivity index (χ4n) is 3.82. The van der Waals surface area contributed by atoms with E-state index in [1.807, 2.05) is 49.4 Å². The van der Waals surface area contributed by atoms with Crippen molar-refractivity contribution < 1.29 is 24.9 Å². The zero-order valence-electron chi connectivity index (χ0n) is 18.1. The summed E-state index contributed by atoms with van der Waals surface area (Å²) >= 11 is 0. The SMILES string of the molecule is Cc1cc(CCCCCCOc2ccc3cc(CC(=O)O)ccc3c2)c(C)c(O)c1O. The van der Waals surface area contributed by atoms with E-state index in [-0.39, 0.29) is 17.9 Å². The number of fused-ring (bicyclic) bond motifs is 1. The molecule has 0 unspecified atom stereocenters. The summed E-state index contributed by atoms with van der Waals surface area (Å²) in [6.45, 7) is 4.30. The van der Waals surface area contributed by atoms with Gasteiger partial charge in [0.15, 0.2) is 11.5 Å². The summed E-state index contributed by atoms with van der Waals surface area (Å²) in [5, 5.41) is 30.7. The molecule has 3 aromatic rings. The predicted octanol–water partition coefficient (Wildman–Crippen LogP) is 5.68. The number of benzene rings is 3. The number of rotatable bonds is 10. The Kier molecular flexibility index (Phi) is 7.40. The quantitative estimate of drug-likeness (QED) is 0.289. The molecular formula is C26H30O5. The Labute approximate surface area is 182 Å². The van der Waals surface area contributed by atoms with Gasteiger partial charge in [-0.25, -0.2) is 0 Å².